The maximum Gasteiger partial charge on any atom is 0.336 e. The third kappa shape index (κ3) is 4.26. The van der Waals surface area contributed by atoms with Gasteiger partial charge in [0.15, 0.2) is 0 Å². The molecule has 1 aliphatic rings. The summed E-state index contributed by atoms with van der Waals surface area (Å²) in [6.07, 6.45) is 3.35. The standard InChI is InChI=1S/C23H22BrNO5/c1-14-5-8-16(9-6-14)25-12-18(22(26)29-3)21(19(13-25)23(27)30-4)17-11-15(24)7-10-20(17)28-2/h5-13,21H,1-4H3. The van der Waals surface area contributed by atoms with E-state index in [1.165, 1.54) is 21.3 Å². The molecular formula is C23H22BrNO5. The topological polar surface area (TPSA) is 65.1 Å². The molecule has 0 amide bonds. The summed E-state index contributed by atoms with van der Waals surface area (Å²) in [4.78, 5) is 27.3. The zero-order chi connectivity index (χ0) is 21.8. The fraction of sp³-hybridized carbons (Fsp3) is 0.217. The van der Waals surface area contributed by atoms with E-state index in [4.69, 9.17) is 14.2 Å². The number of carbonyl (C=O) groups excluding carboxylic acids is 2. The molecule has 0 saturated carbocycles. The molecule has 0 aromatic heterocycles. The summed E-state index contributed by atoms with van der Waals surface area (Å²) in [5.41, 5.74) is 3.11. The number of rotatable bonds is 5. The van der Waals surface area contributed by atoms with Crippen LogP contribution in [-0.2, 0) is 19.1 Å². The van der Waals surface area contributed by atoms with Gasteiger partial charge in [-0.05, 0) is 37.3 Å². The van der Waals surface area contributed by atoms with Crippen LogP contribution in [0.2, 0.25) is 0 Å². The Kier molecular flexibility index (Phi) is 6.62. The Morgan fingerprint density at radius 3 is 1.97 bits per heavy atom. The lowest BCUT2D eigenvalue weighted by Crippen LogP contribution is -2.29. The number of ether oxygens (including phenoxy) is 3. The highest BCUT2D eigenvalue weighted by molar-refractivity contribution is 9.10. The third-order valence-corrected chi connectivity index (χ3v) is 5.35. The van der Waals surface area contributed by atoms with Crippen molar-refractivity contribution < 1.29 is 23.8 Å². The molecule has 0 aliphatic carbocycles. The fourth-order valence-electron chi connectivity index (χ4n) is 3.36. The lowest BCUT2D eigenvalue weighted by molar-refractivity contribution is -0.137. The first kappa shape index (κ1) is 21.6. The van der Waals surface area contributed by atoms with Gasteiger partial charge in [-0.15, -0.1) is 0 Å². The summed E-state index contributed by atoms with van der Waals surface area (Å²) < 4.78 is 16.4. The fourth-order valence-corrected chi connectivity index (χ4v) is 3.74. The number of hydrogen-bond acceptors (Lipinski definition) is 6. The molecule has 3 rings (SSSR count). The van der Waals surface area contributed by atoms with Crippen molar-refractivity contribution in [2.75, 3.05) is 26.2 Å². The molecular weight excluding hydrogens is 450 g/mol. The van der Waals surface area contributed by atoms with Crippen LogP contribution in [0.25, 0.3) is 0 Å². The van der Waals surface area contributed by atoms with Crippen LogP contribution in [0, 0.1) is 6.92 Å². The highest BCUT2D eigenvalue weighted by Crippen LogP contribution is 2.42. The number of benzene rings is 2. The van der Waals surface area contributed by atoms with E-state index < -0.39 is 17.9 Å². The van der Waals surface area contributed by atoms with Crippen LogP contribution in [0.3, 0.4) is 0 Å². The SMILES string of the molecule is COC(=O)C1=CN(c2ccc(C)cc2)C=C(C(=O)OC)C1c1cc(Br)ccc1OC. The van der Waals surface area contributed by atoms with Gasteiger partial charge in [0.25, 0.3) is 0 Å². The summed E-state index contributed by atoms with van der Waals surface area (Å²) in [5.74, 6) is -1.28. The molecule has 0 unspecified atom stereocenters. The molecule has 2 aromatic rings. The minimum absolute atomic E-state index is 0.289. The maximum atomic E-state index is 12.8. The van der Waals surface area contributed by atoms with Crippen LogP contribution < -0.4 is 9.64 Å². The largest absolute Gasteiger partial charge is 0.496 e. The van der Waals surface area contributed by atoms with Crippen LogP contribution >= 0.6 is 15.9 Å². The van der Waals surface area contributed by atoms with Crippen LogP contribution in [0.1, 0.15) is 17.0 Å². The number of anilines is 1. The Hall–Kier alpha value is -3.06. The van der Waals surface area contributed by atoms with E-state index in [2.05, 4.69) is 15.9 Å². The second-order valence-electron chi connectivity index (χ2n) is 6.71. The molecule has 6 nitrogen and oxygen atoms in total. The first-order chi connectivity index (χ1) is 14.4. The molecule has 1 aliphatic heterocycles. The van der Waals surface area contributed by atoms with Crippen LogP contribution in [0.5, 0.6) is 5.75 Å². The first-order valence-corrected chi connectivity index (χ1v) is 9.97. The highest BCUT2D eigenvalue weighted by atomic mass is 79.9. The highest BCUT2D eigenvalue weighted by Gasteiger charge is 2.37. The second-order valence-corrected chi connectivity index (χ2v) is 7.63. The van der Waals surface area contributed by atoms with Crippen molar-refractivity contribution in [3.05, 3.63) is 81.6 Å². The molecule has 30 heavy (non-hydrogen) atoms. The van der Waals surface area contributed by atoms with Gasteiger partial charge in [0, 0.05) is 28.1 Å². The average Bonchev–Trinajstić information content (AvgIpc) is 2.77. The molecule has 7 heteroatoms. The van der Waals surface area contributed by atoms with E-state index >= 15 is 0 Å². The van der Waals surface area contributed by atoms with Gasteiger partial charge >= 0.3 is 11.9 Å². The molecule has 0 spiro atoms. The number of aryl methyl sites for hydroxylation is 1. The minimum Gasteiger partial charge on any atom is -0.496 e. The molecule has 0 radical (unpaired) electrons. The average molecular weight is 472 g/mol. The van der Waals surface area contributed by atoms with Crippen molar-refractivity contribution in [2.24, 2.45) is 0 Å². The van der Waals surface area contributed by atoms with Crippen molar-refractivity contribution >= 4 is 33.6 Å². The van der Waals surface area contributed by atoms with E-state index in [-0.39, 0.29) is 11.1 Å². The van der Waals surface area contributed by atoms with Gasteiger partial charge < -0.3 is 19.1 Å². The predicted octanol–water partition coefficient (Wildman–Crippen LogP) is 4.48. The molecule has 0 saturated heterocycles. The Morgan fingerprint density at radius 2 is 1.47 bits per heavy atom. The van der Waals surface area contributed by atoms with E-state index in [1.807, 2.05) is 43.3 Å². The van der Waals surface area contributed by atoms with Gasteiger partial charge in [-0.3, -0.25) is 0 Å². The lowest BCUT2D eigenvalue weighted by atomic mass is 9.82. The van der Waals surface area contributed by atoms with Gasteiger partial charge in [-0.2, -0.15) is 0 Å². The summed E-state index contributed by atoms with van der Waals surface area (Å²) in [7, 11) is 4.16. The summed E-state index contributed by atoms with van der Waals surface area (Å²) >= 11 is 3.46. The van der Waals surface area contributed by atoms with Gasteiger partial charge in [-0.1, -0.05) is 33.6 Å². The Labute approximate surface area is 183 Å². The number of hydrogen-bond donors (Lipinski definition) is 0. The van der Waals surface area contributed by atoms with Crippen LogP contribution in [0.4, 0.5) is 5.69 Å². The molecule has 0 N–H and O–H groups in total. The minimum atomic E-state index is -0.723. The van der Waals surface area contributed by atoms with Crippen LogP contribution in [0.15, 0.2) is 70.5 Å². The zero-order valence-corrected chi connectivity index (χ0v) is 18.7. The lowest BCUT2D eigenvalue weighted by Gasteiger charge is -2.30. The van der Waals surface area contributed by atoms with E-state index in [0.717, 1.165) is 15.7 Å². The number of halogens is 1. The molecule has 0 fully saturated rings. The number of methoxy groups -OCH3 is 3. The van der Waals surface area contributed by atoms with Crippen molar-refractivity contribution in [2.45, 2.75) is 12.8 Å². The smallest absolute Gasteiger partial charge is 0.336 e. The predicted molar refractivity (Wildman–Crippen MR) is 117 cm³/mol. The monoisotopic (exact) mass is 471 g/mol. The molecule has 156 valence electrons. The Balaban J connectivity index is 2.23. The van der Waals surface area contributed by atoms with Crippen molar-refractivity contribution in [3.8, 4) is 5.75 Å². The van der Waals surface area contributed by atoms with Gasteiger partial charge in [0.2, 0.25) is 0 Å². The summed E-state index contributed by atoms with van der Waals surface area (Å²) in [6.45, 7) is 1.99. The van der Waals surface area contributed by atoms with Gasteiger partial charge in [-0.25, -0.2) is 9.59 Å². The van der Waals surface area contributed by atoms with E-state index in [0.29, 0.717) is 11.3 Å². The molecule has 0 bridgehead atoms. The summed E-state index contributed by atoms with van der Waals surface area (Å²) in [5, 5.41) is 0. The quantitative estimate of drug-likeness (QED) is 0.598. The molecule has 1 heterocycles. The van der Waals surface area contributed by atoms with Gasteiger partial charge in [0.05, 0.1) is 38.4 Å². The number of carbonyl (C=O) groups is 2. The normalized spacial score (nSPS) is 14.0. The van der Waals surface area contributed by atoms with E-state index in [9.17, 15) is 9.59 Å². The number of nitrogens with zero attached hydrogens (tertiary/aromatic N) is 1. The van der Waals surface area contributed by atoms with E-state index in [1.54, 1.807) is 23.4 Å². The van der Waals surface area contributed by atoms with Gasteiger partial charge in [0.1, 0.15) is 5.75 Å². The third-order valence-electron chi connectivity index (χ3n) is 4.86. The Morgan fingerprint density at radius 1 is 0.900 bits per heavy atom. The first-order valence-electron chi connectivity index (χ1n) is 9.18. The van der Waals surface area contributed by atoms with Crippen LogP contribution in [-0.4, -0.2) is 33.3 Å². The van der Waals surface area contributed by atoms with Crippen molar-refractivity contribution in [1.29, 1.82) is 0 Å². The Bertz CT molecular complexity index is 992. The van der Waals surface area contributed by atoms with Crippen molar-refractivity contribution in [1.82, 2.24) is 0 Å². The van der Waals surface area contributed by atoms with Crippen molar-refractivity contribution in [3.63, 3.8) is 0 Å². The number of esters is 2. The maximum absolute atomic E-state index is 12.8. The summed E-state index contributed by atoms with van der Waals surface area (Å²) in [6, 6.07) is 13.1. The zero-order valence-electron chi connectivity index (χ0n) is 17.1. The molecule has 2 aromatic carbocycles. The second kappa shape index (κ2) is 9.17. The molecule has 0 atom stereocenters.